The van der Waals surface area contributed by atoms with Gasteiger partial charge in [-0.2, -0.15) is 5.11 Å². The normalized spacial score (nSPS) is 20.6. The first-order valence-corrected chi connectivity index (χ1v) is 9.89. The van der Waals surface area contributed by atoms with Crippen LogP contribution < -0.4 is 10.2 Å². The lowest BCUT2D eigenvalue weighted by Crippen LogP contribution is -2.43. The molecule has 2 aromatic carbocycles. The molecule has 8 nitrogen and oxygen atoms in total. The van der Waals surface area contributed by atoms with Crippen molar-refractivity contribution < 1.29 is 14.4 Å². The number of benzene rings is 2. The van der Waals surface area contributed by atoms with Crippen molar-refractivity contribution in [2.75, 3.05) is 16.8 Å². The van der Waals surface area contributed by atoms with E-state index < -0.39 is 23.9 Å². The van der Waals surface area contributed by atoms with Gasteiger partial charge in [0.15, 0.2) is 12.1 Å². The smallest absolute Gasteiger partial charge is 0.263 e. The molecule has 0 bridgehead atoms. The van der Waals surface area contributed by atoms with Gasteiger partial charge in [0, 0.05) is 14.6 Å². The van der Waals surface area contributed by atoms with Gasteiger partial charge in [0.1, 0.15) is 6.54 Å². The molecule has 0 spiro atoms. The molecule has 2 heterocycles. The number of nitrogens with zero attached hydrogens (tertiary/aromatic N) is 4. The van der Waals surface area contributed by atoms with Crippen LogP contribution >= 0.6 is 31.9 Å². The van der Waals surface area contributed by atoms with Crippen LogP contribution in [0.1, 0.15) is 0 Å². The first-order chi connectivity index (χ1) is 13.4. The zero-order valence-electron chi connectivity index (χ0n) is 14.3. The van der Waals surface area contributed by atoms with Crippen LogP contribution in [0.2, 0.25) is 0 Å². The lowest BCUT2D eigenvalue weighted by atomic mass is 10.1. The number of hydrogen-bond acceptors (Lipinski definition) is 6. The van der Waals surface area contributed by atoms with Crippen LogP contribution in [-0.4, -0.2) is 41.4 Å². The molecule has 0 radical (unpaired) electrons. The van der Waals surface area contributed by atoms with Gasteiger partial charge in [-0.1, -0.05) is 37.1 Å². The van der Waals surface area contributed by atoms with Crippen molar-refractivity contribution in [3.63, 3.8) is 0 Å². The van der Waals surface area contributed by atoms with Crippen molar-refractivity contribution >= 4 is 61.0 Å². The summed E-state index contributed by atoms with van der Waals surface area (Å²) in [6, 6.07) is 12.1. The molecule has 1 fully saturated rings. The van der Waals surface area contributed by atoms with Crippen molar-refractivity contribution in [1.82, 2.24) is 5.01 Å². The van der Waals surface area contributed by atoms with Gasteiger partial charge in [0.25, 0.3) is 11.8 Å². The molecule has 10 heteroatoms. The van der Waals surface area contributed by atoms with E-state index in [9.17, 15) is 14.4 Å². The van der Waals surface area contributed by atoms with Gasteiger partial charge < -0.3 is 5.32 Å². The fourth-order valence-corrected chi connectivity index (χ4v) is 3.61. The summed E-state index contributed by atoms with van der Waals surface area (Å²) in [5.74, 6) is -1.25. The molecule has 0 saturated carbocycles. The fourth-order valence-electron chi connectivity index (χ4n) is 3.08. The van der Waals surface area contributed by atoms with Crippen molar-refractivity contribution in [3.05, 3.63) is 57.5 Å². The predicted molar refractivity (Wildman–Crippen MR) is 109 cm³/mol. The van der Waals surface area contributed by atoms with E-state index in [1.165, 1.54) is 5.01 Å². The van der Waals surface area contributed by atoms with E-state index >= 15 is 0 Å². The molecule has 2 aliphatic rings. The summed E-state index contributed by atoms with van der Waals surface area (Å²) < 4.78 is 1.73. The van der Waals surface area contributed by atoms with Crippen molar-refractivity contribution in [2.24, 2.45) is 10.3 Å². The SMILES string of the molecule is O=C(CN1N=NC2C(=O)N(c3ccc(Br)cc3)C(=O)C21)Nc1ccc(Br)cc1. The van der Waals surface area contributed by atoms with Gasteiger partial charge in [-0.25, -0.2) is 4.90 Å². The van der Waals surface area contributed by atoms with Crippen LogP contribution in [0.25, 0.3) is 0 Å². The Hall–Kier alpha value is -2.59. The number of amides is 3. The summed E-state index contributed by atoms with van der Waals surface area (Å²) in [5, 5.41) is 11.8. The molecule has 2 unspecified atom stereocenters. The molecule has 0 aliphatic carbocycles. The third-order valence-corrected chi connectivity index (χ3v) is 5.43. The second kappa shape index (κ2) is 7.44. The number of anilines is 2. The Bertz CT molecular complexity index is 978. The Balaban J connectivity index is 1.48. The highest BCUT2D eigenvalue weighted by molar-refractivity contribution is 9.10. The standard InChI is InChI=1S/C18H13Br2N5O3/c19-10-1-5-12(6-2-10)21-14(26)9-24-16-15(22-23-24)17(27)25(18(16)28)13-7-3-11(20)4-8-13/h1-8,15-16H,9H2,(H,21,26). The number of fused-ring (bicyclic) bond motifs is 1. The molecule has 0 aromatic heterocycles. The number of imide groups is 1. The van der Waals surface area contributed by atoms with E-state index in [0.29, 0.717) is 11.4 Å². The quantitative estimate of drug-likeness (QED) is 0.644. The average molecular weight is 507 g/mol. The number of rotatable bonds is 4. The lowest BCUT2D eigenvalue weighted by Gasteiger charge is -2.20. The largest absolute Gasteiger partial charge is 0.324 e. The van der Waals surface area contributed by atoms with E-state index in [1.807, 2.05) is 0 Å². The minimum atomic E-state index is -0.934. The minimum absolute atomic E-state index is 0.187. The predicted octanol–water partition coefficient (Wildman–Crippen LogP) is 3.14. The summed E-state index contributed by atoms with van der Waals surface area (Å²) in [6.07, 6.45) is 0. The Morgan fingerprint density at radius 2 is 1.57 bits per heavy atom. The topological polar surface area (TPSA) is 94.4 Å². The number of carbonyl (C=O) groups is 3. The molecule has 1 saturated heterocycles. The van der Waals surface area contributed by atoms with E-state index in [1.54, 1.807) is 48.5 Å². The molecule has 142 valence electrons. The van der Waals surface area contributed by atoms with Gasteiger partial charge in [-0.05, 0) is 48.5 Å². The molecule has 2 aliphatic heterocycles. The first kappa shape index (κ1) is 18.8. The molecule has 1 N–H and O–H groups in total. The number of carbonyl (C=O) groups excluding carboxylic acids is 3. The molecule has 2 aromatic rings. The van der Waals surface area contributed by atoms with Crippen molar-refractivity contribution in [3.8, 4) is 0 Å². The van der Waals surface area contributed by atoms with E-state index in [2.05, 4.69) is 47.5 Å². The van der Waals surface area contributed by atoms with Crippen molar-refractivity contribution in [1.29, 1.82) is 0 Å². The fraction of sp³-hybridized carbons (Fsp3) is 0.167. The van der Waals surface area contributed by atoms with Gasteiger partial charge in [-0.15, -0.1) is 0 Å². The number of halogens is 2. The second-order valence-corrected chi connectivity index (χ2v) is 8.07. The summed E-state index contributed by atoms with van der Waals surface area (Å²) in [6.45, 7) is -0.187. The third kappa shape index (κ3) is 3.45. The molecular weight excluding hydrogens is 494 g/mol. The van der Waals surface area contributed by atoms with Crippen LogP contribution in [0.4, 0.5) is 11.4 Å². The lowest BCUT2D eigenvalue weighted by molar-refractivity contribution is -0.123. The van der Waals surface area contributed by atoms with E-state index in [4.69, 9.17) is 0 Å². The highest BCUT2D eigenvalue weighted by atomic mass is 79.9. The zero-order chi connectivity index (χ0) is 19.8. The minimum Gasteiger partial charge on any atom is -0.324 e. The number of hydrogen-bond donors (Lipinski definition) is 1. The monoisotopic (exact) mass is 505 g/mol. The van der Waals surface area contributed by atoms with Gasteiger partial charge >= 0.3 is 0 Å². The second-order valence-electron chi connectivity index (χ2n) is 6.24. The maximum atomic E-state index is 12.9. The zero-order valence-corrected chi connectivity index (χ0v) is 17.4. The highest BCUT2D eigenvalue weighted by Gasteiger charge is 2.55. The van der Waals surface area contributed by atoms with Gasteiger partial charge in [0.05, 0.1) is 5.69 Å². The molecule has 2 atom stereocenters. The van der Waals surface area contributed by atoms with Crippen LogP contribution in [-0.2, 0) is 14.4 Å². The van der Waals surface area contributed by atoms with E-state index in [-0.39, 0.29) is 12.5 Å². The van der Waals surface area contributed by atoms with Crippen molar-refractivity contribution in [2.45, 2.75) is 12.1 Å². The summed E-state index contributed by atoms with van der Waals surface area (Å²) in [5.41, 5.74) is 1.08. The maximum Gasteiger partial charge on any atom is 0.263 e. The molecular formula is C18H13Br2N5O3. The molecule has 4 rings (SSSR count). The third-order valence-electron chi connectivity index (χ3n) is 4.38. The summed E-state index contributed by atoms with van der Waals surface area (Å²) in [4.78, 5) is 38.9. The van der Waals surface area contributed by atoms with Crippen LogP contribution in [0, 0.1) is 0 Å². The molecule has 3 amide bonds. The summed E-state index contributed by atoms with van der Waals surface area (Å²) >= 11 is 6.65. The number of nitrogens with one attached hydrogen (secondary N) is 1. The summed E-state index contributed by atoms with van der Waals surface area (Å²) in [7, 11) is 0. The Morgan fingerprint density at radius 3 is 2.21 bits per heavy atom. The molecule has 28 heavy (non-hydrogen) atoms. The maximum absolute atomic E-state index is 12.9. The average Bonchev–Trinajstić information content (AvgIpc) is 3.18. The Morgan fingerprint density at radius 1 is 0.964 bits per heavy atom. The van der Waals surface area contributed by atoms with Crippen LogP contribution in [0.5, 0.6) is 0 Å². The first-order valence-electron chi connectivity index (χ1n) is 8.30. The Kier molecular flexibility index (Phi) is 4.98. The van der Waals surface area contributed by atoms with Crippen LogP contribution in [0.3, 0.4) is 0 Å². The van der Waals surface area contributed by atoms with Gasteiger partial charge in [0.2, 0.25) is 5.91 Å². The van der Waals surface area contributed by atoms with Crippen LogP contribution in [0.15, 0.2) is 67.8 Å². The highest BCUT2D eigenvalue weighted by Crippen LogP contribution is 2.32. The Labute approximate surface area is 176 Å². The van der Waals surface area contributed by atoms with Gasteiger partial charge in [-0.3, -0.25) is 19.4 Å². The van der Waals surface area contributed by atoms with E-state index in [0.717, 1.165) is 13.8 Å².